The number of fused-ring (bicyclic) bond motifs is 1. The van der Waals surface area contributed by atoms with Crippen molar-refractivity contribution in [3.63, 3.8) is 0 Å². The summed E-state index contributed by atoms with van der Waals surface area (Å²) in [7, 11) is 0. The summed E-state index contributed by atoms with van der Waals surface area (Å²) in [6.45, 7) is 2.73. The number of rotatable bonds is 5. The molecule has 3 fully saturated rings. The Hall–Kier alpha value is -0.800. The predicted molar refractivity (Wildman–Crippen MR) is 87.1 cm³/mol. The molecule has 5 atom stereocenters. The Morgan fingerprint density at radius 2 is 2.05 bits per heavy atom. The van der Waals surface area contributed by atoms with Gasteiger partial charge in [-0.25, -0.2) is 0 Å². The average Bonchev–Trinajstić information content (AvgIpc) is 3.19. The standard InChI is InChI=1S/C19H30O3/c1-2-22-12-13-9-15-11-19(21)16(17(15)10-13)7-8-18(20)14-5-3-4-6-14/h7-8,12,14-21H,2-6,9-11H2,1H3/t15-,16+,17-,18+,19+/m0/s1. The van der Waals surface area contributed by atoms with Gasteiger partial charge < -0.3 is 14.9 Å². The molecule has 0 aromatic carbocycles. The molecule has 3 nitrogen and oxygen atoms in total. The summed E-state index contributed by atoms with van der Waals surface area (Å²) in [5.41, 5.74) is 1.39. The summed E-state index contributed by atoms with van der Waals surface area (Å²) < 4.78 is 5.43. The molecule has 0 saturated heterocycles. The fraction of sp³-hybridized carbons (Fsp3) is 0.789. The Labute approximate surface area is 134 Å². The third-order valence-corrected chi connectivity index (χ3v) is 5.94. The molecule has 22 heavy (non-hydrogen) atoms. The highest BCUT2D eigenvalue weighted by atomic mass is 16.5. The van der Waals surface area contributed by atoms with Crippen molar-refractivity contribution in [3.8, 4) is 0 Å². The molecule has 0 aromatic rings. The molecular formula is C19H30O3. The molecule has 124 valence electrons. The zero-order valence-corrected chi connectivity index (χ0v) is 13.7. The van der Waals surface area contributed by atoms with E-state index in [0.717, 1.165) is 38.7 Å². The molecule has 0 radical (unpaired) electrons. The van der Waals surface area contributed by atoms with Crippen LogP contribution >= 0.6 is 0 Å². The Kier molecular flexibility index (Phi) is 5.25. The van der Waals surface area contributed by atoms with Crippen molar-refractivity contribution in [3.05, 3.63) is 24.0 Å². The van der Waals surface area contributed by atoms with Gasteiger partial charge in [0.05, 0.1) is 25.1 Å². The third-order valence-electron chi connectivity index (χ3n) is 5.94. The number of hydrogen-bond acceptors (Lipinski definition) is 3. The highest BCUT2D eigenvalue weighted by Gasteiger charge is 2.45. The Morgan fingerprint density at radius 1 is 1.27 bits per heavy atom. The maximum atomic E-state index is 10.4. The number of aliphatic hydroxyl groups is 2. The molecule has 3 saturated carbocycles. The van der Waals surface area contributed by atoms with Gasteiger partial charge in [0, 0.05) is 5.92 Å². The topological polar surface area (TPSA) is 49.7 Å². The van der Waals surface area contributed by atoms with Gasteiger partial charge in [0.1, 0.15) is 0 Å². The van der Waals surface area contributed by atoms with Crippen molar-refractivity contribution in [1.82, 2.24) is 0 Å². The van der Waals surface area contributed by atoms with Crippen LogP contribution in [0.3, 0.4) is 0 Å². The fourth-order valence-electron chi connectivity index (χ4n) is 4.77. The first kappa shape index (κ1) is 16.1. The Balaban J connectivity index is 1.60. The number of aliphatic hydroxyl groups excluding tert-OH is 2. The molecule has 3 heteroatoms. The van der Waals surface area contributed by atoms with E-state index in [2.05, 4.69) is 6.08 Å². The number of hydrogen-bond donors (Lipinski definition) is 2. The molecule has 3 rings (SSSR count). The predicted octanol–water partition coefficient (Wildman–Crippen LogP) is 3.42. The van der Waals surface area contributed by atoms with Gasteiger partial charge in [-0.15, -0.1) is 0 Å². The van der Waals surface area contributed by atoms with Gasteiger partial charge in [0.2, 0.25) is 0 Å². The van der Waals surface area contributed by atoms with Crippen LogP contribution in [0, 0.1) is 23.7 Å². The summed E-state index contributed by atoms with van der Waals surface area (Å²) in [4.78, 5) is 0. The molecule has 3 aliphatic carbocycles. The van der Waals surface area contributed by atoms with E-state index in [1.807, 2.05) is 19.3 Å². The summed E-state index contributed by atoms with van der Waals surface area (Å²) in [6, 6.07) is 0. The summed E-state index contributed by atoms with van der Waals surface area (Å²) in [5.74, 6) is 1.74. The van der Waals surface area contributed by atoms with Crippen molar-refractivity contribution in [1.29, 1.82) is 0 Å². The van der Waals surface area contributed by atoms with Crippen molar-refractivity contribution >= 4 is 0 Å². The third kappa shape index (κ3) is 3.41. The van der Waals surface area contributed by atoms with Gasteiger partial charge in [-0.2, -0.15) is 0 Å². The van der Waals surface area contributed by atoms with Crippen LogP contribution in [0.1, 0.15) is 51.9 Å². The number of ether oxygens (including phenoxy) is 1. The van der Waals surface area contributed by atoms with Crippen LogP contribution in [0.5, 0.6) is 0 Å². The molecule has 2 N–H and O–H groups in total. The van der Waals surface area contributed by atoms with Crippen LogP contribution in [-0.4, -0.2) is 29.0 Å². The maximum absolute atomic E-state index is 10.4. The molecule has 0 heterocycles. The first-order valence-corrected chi connectivity index (χ1v) is 9.03. The summed E-state index contributed by atoms with van der Waals surface area (Å²) in [5, 5.41) is 20.7. The first-order valence-electron chi connectivity index (χ1n) is 9.03. The summed E-state index contributed by atoms with van der Waals surface area (Å²) >= 11 is 0. The van der Waals surface area contributed by atoms with Gasteiger partial charge in [0.25, 0.3) is 0 Å². The molecule has 0 aliphatic heterocycles. The normalized spacial score (nSPS) is 39.0. The van der Waals surface area contributed by atoms with E-state index in [1.165, 1.54) is 18.4 Å². The second-order valence-corrected chi connectivity index (χ2v) is 7.36. The minimum atomic E-state index is -0.325. The van der Waals surface area contributed by atoms with Gasteiger partial charge in [-0.1, -0.05) is 25.0 Å². The van der Waals surface area contributed by atoms with E-state index in [1.54, 1.807) is 0 Å². The Morgan fingerprint density at radius 3 is 2.77 bits per heavy atom. The Bertz CT molecular complexity index is 422. The first-order chi connectivity index (χ1) is 10.7. The molecule has 0 bridgehead atoms. The van der Waals surface area contributed by atoms with Crippen LogP contribution in [0.4, 0.5) is 0 Å². The average molecular weight is 306 g/mol. The van der Waals surface area contributed by atoms with Crippen molar-refractivity contribution in [2.75, 3.05) is 6.61 Å². The molecule has 0 unspecified atom stereocenters. The highest BCUT2D eigenvalue weighted by Crippen LogP contribution is 2.50. The lowest BCUT2D eigenvalue weighted by molar-refractivity contribution is 0.135. The SMILES string of the molecule is CCOC=C1C[C@H]2C[C@@H](O)[C@H](C=C[C@@H](O)C3CCCC3)[C@H]2C1. The maximum Gasteiger partial charge on any atom is 0.0845 e. The van der Waals surface area contributed by atoms with Crippen LogP contribution < -0.4 is 0 Å². The zero-order chi connectivity index (χ0) is 15.5. The molecule has 0 aromatic heterocycles. The van der Waals surface area contributed by atoms with Crippen LogP contribution in [0.25, 0.3) is 0 Å². The second-order valence-electron chi connectivity index (χ2n) is 7.36. The van der Waals surface area contributed by atoms with E-state index < -0.39 is 0 Å². The van der Waals surface area contributed by atoms with Crippen LogP contribution in [-0.2, 0) is 4.74 Å². The van der Waals surface area contributed by atoms with Gasteiger partial charge in [0.15, 0.2) is 0 Å². The lowest BCUT2D eigenvalue weighted by atomic mass is 9.89. The largest absolute Gasteiger partial charge is 0.502 e. The van der Waals surface area contributed by atoms with E-state index in [9.17, 15) is 10.2 Å². The van der Waals surface area contributed by atoms with E-state index in [4.69, 9.17) is 4.74 Å². The van der Waals surface area contributed by atoms with Crippen molar-refractivity contribution in [2.24, 2.45) is 23.7 Å². The second kappa shape index (κ2) is 7.18. The minimum absolute atomic E-state index is 0.202. The van der Waals surface area contributed by atoms with E-state index in [-0.39, 0.29) is 18.1 Å². The zero-order valence-electron chi connectivity index (χ0n) is 13.7. The van der Waals surface area contributed by atoms with Gasteiger partial charge in [-0.3, -0.25) is 0 Å². The van der Waals surface area contributed by atoms with Gasteiger partial charge in [-0.05, 0) is 62.4 Å². The van der Waals surface area contributed by atoms with Gasteiger partial charge >= 0.3 is 0 Å². The lowest BCUT2D eigenvalue weighted by Crippen LogP contribution is -2.19. The van der Waals surface area contributed by atoms with E-state index >= 15 is 0 Å². The van der Waals surface area contributed by atoms with E-state index in [0.29, 0.717) is 17.8 Å². The highest BCUT2D eigenvalue weighted by molar-refractivity contribution is 5.16. The molecule has 3 aliphatic rings. The van der Waals surface area contributed by atoms with Crippen LogP contribution in [0.15, 0.2) is 24.0 Å². The smallest absolute Gasteiger partial charge is 0.0845 e. The molecular weight excluding hydrogens is 276 g/mol. The minimum Gasteiger partial charge on any atom is -0.502 e. The fourth-order valence-corrected chi connectivity index (χ4v) is 4.77. The van der Waals surface area contributed by atoms with Crippen LogP contribution in [0.2, 0.25) is 0 Å². The van der Waals surface area contributed by atoms with Crippen molar-refractivity contribution < 1.29 is 14.9 Å². The molecule has 0 amide bonds. The monoisotopic (exact) mass is 306 g/mol. The molecule has 0 spiro atoms. The summed E-state index contributed by atoms with van der Waals surface area (Å²) in [6.07, 6.45) is 13.2. The number of allylic oxidation sites excluding steroid dienone is 1. The lowest BCUT2D eigenvalue weighted by Gasteiger charge is -2.19. The quantitative estimate of drug-likeness (QED) is 0.604. The van der Waals surface area contributed by atoms with Crippen molar-refractivity contribution in [2.45, 2.75) is 64.1 Å².